The Bertz CT molecular complexity index is 396. The van der Waals surface area contributed by atoms with Crippen LogP contribution in [0.5, 0.6) is 0 Å². The molecule has 0 aromatic heterocycles. The van der Waals surface area contributed by atoms with E-state index in [1.807, 2.05) is 0 Å². The third kappa shape index (κ3) is 2.12. The predicted octanol–water partition coefficient (Wildman–Crippen LogP) is 2.75. The smallest absolute Gasteiger partial charge is 0.0982 e. The number of benzene rings is 1. The van der Waals surface area contributed by atoms with Gasteiger partial charge < -0.3 is 10.1 Å². The molecule has 1 fully saturated rings. The highest BCUT2D eigenvalue weighted by Crippen LogP contribution is 2.34. The van der Waals surface area contributed by atoms with E-state index >= 15 is 0 Å². The van der Waals surface area contributed by atoms with Crippen molar-refractivity contribution in [1.82, 2.24) is 5.32 Å². The number of hydrogen-bond donors (Lipinski definition) is 1. The summed E-state index contributed by atoms with van der Waals surface area (Å²) >= 11 is 0. The van der Waals surface area contributed by atoms with Crippen LogP contribution in [0.25, 0.3) is 0 Å². The molecule has 1 unspecified atom stereocenters. The minimum absolute atomic E-state index is 0.274. The van der Waals surface area contributed by atoms with Crippen LogP contribution in [0.4, 0.5) is 0 Å². The second-order valence-electron chi connectivity index (χ2n) is 5.25. The number of aryl methyl sites for hydroxylation is 2. The molecule has 1 N–H and O–H groups in total. The number of rotatable bonds is 1. The first-order chi connectivity index (χ1) is 8.36. The Balaban J connectivity index is 1.99. The normalized spacial score (nSPS) is 28.8. The van der Waals surface area contributed by atoms with Gasteiger partial charge in [0, 0.05) is 12.6 Å². The molecule has 2 heteroatoms. The van der Waals surface area contributed by atoms with E-state index in [2.05, 4.69) is 30.4 Å². The molecule has 3 rings (SSSR count). The molecular formula is C15H21NO. The molecule has 1 aromatic rings. The van der Waals surface area contributed by atoms with Crippen LogP contribution in [0, 0.1) is 6.92 Å². The summed E-state index contributed by atoms with van der Waals surface area (Å²) in [6.07, 6.45) is 5.13. The molecule has 0 spiro atoms. The maximum atomic E-state index is 6.13. The lowest BCUT2D eigenvalue weighted by Gasteiger charge is -2.26. The molecular weight excluding hydrogens is 210 g/mol. The molecule has 1 saturated heterocycles. The molecule has 2 nitrogen and oxygen atoms in total. The Morgan fingerprint density at radius 1 is 1.29 bits per heavy atom. The van der Waals surface area contributed by atoms with Crippen LogP contribution in [0.2, 0.25) is 0 Å². The molecule has 0 aliphatic carbocycles. The summed E-state index contributed by atoms with van der Waals surface area (Å²) < 4.78 is 6.13. The molecule has 1 aromatic carbocycles. The van der Waals surface area contributed by atoms with Gasteiger partial charge in [0.15, 0.2) is 0 Å². The van der Waals surface area contributed by atoms with Crippen molar-refractivity contribution < 1.29 is 4.74 Å². The first-order valence-corrected chi connectivity index (χ1v) is 6.79. The summed E-state index contributed by atoms with van der Waals surface area (Å²) in [4.78, 5) is 0. The van der Waals surface area contributed by atoms with Gasteiger partial charge in [0.2, 0.25) is 0 Å². The summed E-state index contributed by atoms with van der Waals surface area (Å²) in [7, 11) is 0. The van der Waals surface area contributed by atoms with Gasteiger partial charge in [-0.15, -0.1) is 0 Å². The molecule has 2 aliphatic heterocycles. The van der Waals surface area contributed by atoms with Gasteiger partial charge in [-0.3, -0.25) is 0 Å². The van der Waals surface area contributed by atoms with Gasteiger partial charge in [-0.1, -0.05) is 18.2 Å². The first-order valence-electron chi connectivity index (χ1n) is 6.79. The van der Waals surface area contributed by atoms with Gasteiger partial charge in [-0.05, 0) is 55.8 Å². The van der Waals surface area contributed by atoms with E-state index < -0.39 is 0 Å². The van der Waals surface area contributed by atoms with E-state index in [1.165, 1.54) is 36.0 Å². The Morgan fingerprint density at radius 2 is 2.24 bits per heavy atom. The lowest BCUT2D eigenvalue weighted by Crippen LogP contribution is -2.31. The minimum Gasteiger partial charge on any atom is -0.372 e. The van der Waals surface area contributed by atoms with Gasteiger partial charge in [0.25, 0.3) is 0 Å². The van der Waals surface area contributed by atoms with E-state index in [0.717, 1.165) is 19.6 Å². The van der Waals surface area contributed by atoms with E-state index in [-0.39, 0.29) is 6.10 Å². The number of nitrogens with one attached hydrogen (secondary N) is 1. The van der Waals surface area contributed by atoms with E-state index in [9.17, 15) is 0 Å². The molecule has 2 atom stereocenters. The monoisotopic (exact) mass is 231 g/mol. The van der Waals surface area contributed by atoms with Gasteiger partial charge in [0.1, 0.15) is 0 Å². The Labute approximate surface area is 103 Å². The summed E-state index contributed by atoms with van der Waals surface area (Å²) in [5.41, 5.74) is 4.36. The van der Waals surface area contributed by atoms with Crippen molar-refractivity contribution in [3.05, 3.63) is 34.9 Å². The van der Waals surface area contributed by atoms with E-state index in [4.69, 9.17) is 4.74 Å². The van der Waals surface area contributed by atoms with Crippen molar-refractivity contribution in [2.45, 2.75) is 44.8 Å². The third-order valence-electron chi connectivity index (χ3n) is 4.05. The standard InChI is InChI=1S/C15H21NO/c1-11-5-2-6-12-7-4-10-17-15(14(11)12)13-8-3-9-16-13/h2,5-6,13,15-16H,3-4,7-10H2,1H3/t13?,15-/m0/s1. The quantitative estimate of drug-likeness (QED) is 0.802. The molecule has 0 saturated carbocycles. The van der Waals surface area contributed by atoms with Gasteiger partial charge in [0.05, 0.1) is 6.10 Å². The summed E-state index contributed by atoms with van der Waals surface area (Å²) in [6.45, 7) is 4.26. The maximum absolute atomic E-state index is 6.13. The van der Waals surface area contributed by atoms with Crippen LogP contribution in [0.15, 0.2) is 18.2 Å². The Kier molecular flexibility index (Phi) is 3.17. The van der Waals surface area contributed by atoms with E-state index in [0.29, 0.717) is 6.04 Å². The summed E-state index contributed by atoms with van der Waals surface area (Å²) in [6, 6.07) is 7.19. The summed E-state index contributed by atoms with van der Waals surface area (Å²) in [5, 5.41) is 3.60. The van der Waals surface area contributed by atoms with Crippen molar-refractivity contribution in [3.63, 3.8) is 0 Å². The average Bonchev–Trinajstić information content (AvgIpc) is 2.76. The van der Waals surface area contributed by atoms with Crippen LogP contribution in [0.3, 0.4) is 0 Å². The highest BCUT2D eigenvalue weighted by atomic mass is 16.5. The fourth-order valence-corrected chi connectivity index (χ4v) is 3.21. The lowest BCUT2D eigenvalue weighted by atomic mass is 9.91. The second kappa shape index (κ2) is 4.79. The molecule has 92 valence electrons. The average molecular weight is 231 g/mol. The van der Waals surface area contributed by atoms with Gasteiger partial charge in [-0.25, -0.2) is 0 Å². The molecule has 2 heterocycles. The van der Waals surface area contributed by atoms with Crippen molar-refractivity contribution in [2.75, 3.05) is 13.2 Å². The fourth-order valence-electron chi connectivity index (χ4n) is 3.21. The SMILES string of the molecule is Cc1cccc2c1[C@H](C1CCCN1)OCCC2. The van der Waals surface area contributed by atoms with Gasteiger partial charge >= 0.3 is 0 Å². The fraction of sp³-hybridized carbons (Fsp3) is 0.600. The summed E-state index contributed by atoms with van der Waals surface area (Å²) in [5.74, 6) is 0. The predicted molar refractivity (Wildman–Crippen MR) is 69.2 cm³/mol. The van der Waals surface area contributed by atoms with Crippen molar-refractivity contribution in [3.8, 4) is 0 Å². The van der Waals surface area contributed by atoms with Crippen molar-refractivity contribution in [1.29, 1.82) is 0 Å². The molecule has 0 bridgehead atoms. The molecule has 2 aliphatic rings. The zero-order valence-corrected chi connectivity index (χ0v) is 10.5. The Morgan fingerprint density at radius 3 is 3.06 bits per heavy atom. The van der Waals surface area contributed by atoms with Crippen LogP contribution < -0.4 is 5.32 Å². The third-order valence-corrected chi connectivity index (χ3v) is 4.05. The van der Waals surface area contributed by atoms with Crippen LogP contribution in [-0.4, -0.2) is 19.2 Å². The molecule has 17 heavy (non-hydrogen) atoms. The highest BCUT2D eigenvalue weighted by molar-refractivity contribution is 5.38. The zero-order chi connectivity index (χ0) is 11.7. The highest BCUT2D eigenvalue weighted by Gasteiger charge is 2.30. The van der Waals surface area contributed by atoms with E-state index in [1.54, 1.807) is 0 Å². The zero-order valence-electron chi connectivity index (χ0n) is 10.5. The maximum Gasteiger partial charge on any atom is 0.0982 e. The first kappa shape index (κ1) is 11.2. The van der Waals surface area contributed by atoms with Crippen molar-refractivity contribution in [2.24, 2.45) is 0 Å². The van der Waals surface area contributed by atoms with Crippen LogP contribution >= 0.6 is 0 Å². The minimum atomic E-state index is 0.274. The number of ether oxygens (including phenoxy) is 1. The molecule has 0 radical (unpaired) electrons. The number of hydrogen-bond acceptors (Lipinski definition) is 2. The van der Waals surface area contributed by atoms with Crippen molar-refractivity contribution >= 4 is 0 Å². The topological polar surface area (TPSA) is 21.3 Å². The van der Waals surface area contributed by atoms with Crippen LogP contribution in [0.1, 0.15) is 42.1 Å². The number of fused-ring (bicyclic) bond motifs is 1. The lowest BCUT2D eigenvalue weighted by molar-refractivity contribution is 0.0330. The van der Waals surface area contributed by atoms with Crippen LogP contribution in [-0.2, 0) is 11.2 Å². The largest absolute Gasteiger partial charge is 0.372 e. The van der Waals surface area contributed by atoms with Gasteiger partial charge in [-0.2, -0.15) is 0 Å². The second-order valence-corrected chi connectivity index (χ2v) is 5.25. The Hall–Kier alpha value is -0.860. The molecule has 0 amide bonds.